The second kappa shape index (κ2) is 11.2. The zero-order valence-electron chi connectivity index (χ0n) is 24.6. The molecule has 1 heterocycles. The molecule has 0 spiro atoms. The average molecular weight is 610 g/mol. The van der Waals surface area contributed by atoms with Crippen LogP contribution in [0.2, 0.25) is 0 Å². The highest BCUT2D eigenvalue weighted by Crippen LogP contribution is 2.56. The molecule has 9 nitrogen and oxygen atoms in total. The van der Waals surface area contributed by atoms with Gasteiger partial charge in [0.1, 0.15) is 58.1 Å². The number of halogens is 1. The molecule has 0 saturated heterocycles. The van der Waals surface area contributed by atoms with Gasteiger partial charge in [0.25, 0.3) is 5.91 Å². The summed E-state index contributed by atoms with van der Waals surface area (Å²) in [5.41, 5.74) is -0.176. The number of nitrogens with one attached hydrogen (secondary N) is 1. The summed E-state index contributed by atoms with van der Waals surface area (Å²) in [4.78, 5) is 52.1. The molecule has 4 aromatic rings. The number of benzene rings is 4. The van der Waals surface area contributed by atoms with Gasteiger partial charge in [-0.15, -0.1) is 0 Å². The lowest BCUT2D eigenvalue weighted by atomic mass is 9.67. The summed E-state index contributed by atoms with van der Waals surface area (Å²) in [6.07, 6.45) is 1.08. The number of allylic oxidation sites excluding steroid dienone is 2. The zero-order chi connectivity index (χ0) is 32.0. The second-order valence-electron chi connectivity index (χ2n) is 11.1. The van der Waals surface area contributed by atoms with E-state index in [0.29, 0.717) is 5.75 Å². The number of methoxy groups -OCH3 is 1. The van der Waals surface area contributed by atoms with E-state index in [4.69, 9.17) is 14.2 Å². The van der Waals surface area contributed by atoms with Crippen LogP contribution in [0.15, 0.2) is 78.6 Å². The first kappa shape index (κ1) is 29.6. The molecule has 2 N–H and O–H groups in total. The van der Waals surface area contributed by atoms with Crippen molar-refractivity contribution in [2.45, 2.75) is 32.4 Å². The topological polar surface area (TPSA) is 128 Å². The third-order valence-corrected chi connectivity index (χ3v) is 8.32. The van der Waals surface area contributed by atoms with E-state index in [9.17, 15) is 28.7 Å². The predicted octanol–water partition coefficient (Wildman–Crippen LogP) is 5.09. The van der Waals surface area contributed by atoms with Crippen LogP contribution in [0.4, 0.5) is 4.39 Å². The first-order valence-corrected chi connectivity index (χ1v) is 14.1. The third kappa shape index (κ3) is 4.88. The van der Waals surface area contributed by atoms with Gasteiger partial charge >= 0.3 is 0 Å². The van der Waals surface area contributed by atoms with Gasteiger partial charge in [0.2, 0.25) is 0 Å². The van der Waals surface area contributed by atoms with E-state index in [1.165, 1.54) is 32.2 Å². The number of rotatable bonds is 8. The number of aromatic hydroxyl groups is 1. The maximum absolute atomic E-state index is 13.8. The number of Topliss-reactive ketones (excluding diaryl/α,β-unsaturated/α-hetero) is 2. The van der Waals surface area contributed by atoms with E-state index in [1.54, 1.807) is 18.2 Å². The van der Waals surface area contributed by atoms with Gasteiger partial charge in [-0.1, -0.05) is 42.5 Å². The van der Waals surface area contributed by atoms with Gasteiger partial charge in [-0.25, -0.2) is 4.39 Å². The van der Waals surface area contributed by atoms with Gasteiger partial charge in [0.15, 0.2) is 17.3 Å². The number of ether oxygens (including phenoxy) is 3. The summed E-state index contributed by atoms with van der Waals surface area (Å²) in [6.45, 7) is 2.93. The maximum atomic E-state index is 13.8. The molecule has 1 aliphatic carbocycles. The Morgan fingerprint density at radius 2 is 1.73 bits per heavy atom. The van der Waals surface area contributed by atoms with E-state index in [0.717, 1.165) is 34.9 Å². The van der Waals surface area contributed by atoms with Crippen LogP contribution in [0.1, 0.15) is 40.9 Å². The molecule has 2 aliphatic rings. The van der Waals surface area contributed by atoms with Gasteiger partial charge in [0, 0.05) is 24.1 Å². The predicted molar refractivity (Wildman–Crippen MR) is 161 cm³/mol. The third-order valence-electron chi connectivity index (χ3n) is 8.32. The van der Waals surface area contributed by atoms with Crippen molar-refractivity contribution >= 4 is 34.0 Å². The number of phenolic OH excluding ortho intramolecular Hbond substituents is 1. The minimum atomic E-state index is -1.66. The number of amides is 1. The molecule has 2 atom stereocenters. The lowest BCUT2D eigenvalue weighted by molar-refractivity contribution is -0.140. The number of hydrogen-bond donors (Lipinski definition) is 2. The summed E-state index contributed by atoms with van der Waals surface area (Å²) in [5, 5.41) is 15.5. The molecule has 0 aromatic heterocycles. The Balaban J connectivity index is 1.31. The van der Waals surface area contributed by atoms with Crippen LogP contribution in [-0.4, -0.2) is 35.5 Å². The lowest BCUT2D eigenvalue weighted by Gasteiger charge is -2.30. The summed E-state index contributed by atoms with van der Waals surface area (Å²) < 4.78 is 30.7. The van der Waals surface area contributed by atoms with Crippen LogP contribution in [0.25, 0.3) is 10.8 Å². The van der Waals surface area contributed by atoms with Gasteiger partial charge in [-0.3, -0.25) is 19.2 Å². The summed E-state index contributed by atoms with van der Waals surface area (Å²) in [5.74, 6) is -4.55. The van der Waals surface area contributed by atoms with Crippen LogP contribution in [-0.2, 0) is 33.0 Å². The van der Waals surface area contributed by atoms with Crippen LogP contribution < -0.4 is 19.5 Å². The lowest BCUT2D eigenvalue weighted by Crippen LogP contribution is -2.47. The molecule has 1 unspecified atom stereocenters. The number of phenols is 1. The highest BCUT2D eigenvalue weighted by atomic mass is 19.1. The van der Waals surface area contributed by atoms with Crippen molar-refractivity contribution in [1.82, 2.24) is 5.32 Å². The highest BCUT2D eigenvalue weighted by molar-refractivity contribution is 6.27. The fraction of sp³-hybridized carbons (Fsp3) is 0.200. The fourth-order valence-corrected chi connectivity index (χ4v) is 5.97. The molecular formula is C35H28FNO8. The summed E-state index contributed by atoms with van der Waals surface area (Å²) in [7, 11) is 1.32. The molecule has 6 rings (SSSR count). The van der Waals surface area contributed by atoms with Gasteiger partial charge < -0.3 is 24.6 Å². The van der Waals surface area contributed by atoms with Crippen molar-refractivity contribution in [3.63, 3.8) is 0 Å². The molecular weight excluding hydrogens is 581 g/mol. The molecule has 45 heavy (non-hydrogen) atoms. The number of carbonyl (C=O) groups excluding carboxylic acids is 4. The van der Waals surface area contributed by atoms with Crippen LogP contribution in [0, 0.1) is 11.7 Å². The minimum Gasteiger partial charge on any atom is -0.507 e. The first-order chi connectivity index (χ1) is 21.5. The molecule has 0 fully saturated rings. The van der Waals surface area contributed by atoms with Gasteiger partial charge in [-0.2, -0.15) is 0 Å². The van der Waals surface area contributed by atoms with E-state index in [2.05, 4.69) is 5.32 Å². The Kier molecular flexibility index (Phi) is 7.36. The molecule has 1 amide bonds. The Hall–Kier alpha value is -5.51. The van der Waals surface area contributed by atoms with Crippen molar-refractivity contribution < 1.29 is 42.9 Å². The highest BCUT2D eigenvalue weighted by Gasteiger charge is 2.58. The Bertz CT molecular complexity index is 1950. The second-order valence-corrected chi connectivity index (χ2v) is 11.1. The van der Waals surface area contributed by atoms with Crippen molar-refractivity contribution in [2.75, 3.05) is 7.11 Å². The molecule has 10 heteroatoms. The zero-order valence-corrected chi connectivity index (χ0v) is 24.6. The molecule has 0 saturated carbocycles. The van der Waals surface area contributed by atoms with E-state index in [-0.39, 0.29) is 53.1 Å². The SMILES string of the molecule is COc1cc(O)c2c(c1C(=O)NCc1ccc(OCc3ccc(F)cc3)c3ccccc13)OC1=CC(=O)C(C(C)=O)C(=O)[C@]12C. The van der Waals surface area contributed by atoms with E-state index >= 15 is 0 Å². The molecule has 0 radical (unpaired) electrons. The van der Waals surface area contributed by atoms with Crippen molar-refractivity contribution in [1.29, 1.82) is 0 Å². The van der Waals surface area contributed by atoms with Crippen molar-refractivity contribution in [2.24, 2.45) is 5.92 Å². The van der Waals surface area contributed by atoms with Crippen molar-refractivity contribution in [3.05, 3.63) is 107 Å². The van der Waals surface area contributed by atoms with E-state index in [1.807, 2.05) is 30.3 Å². The van der Waals surface area contributed by atoms with E-state index < -0.39 is 34.6 Å². The van der Waals surface area contributed by atoms with Crippen molar-refractivity contribution in [3.8, 4) is 23.0 Å². The molecule has 1 aliphatic heterocycles. The van der Waals surface area contributed by atoms with Crippen LogP contribution >= 0.6 is 0 Å². The average Bonchev–Trinajstić information content (AvgIpc) is 3.32. The molecule has 4 aromatic carbocycles. The first-order valence-electron chi connectivity index (χ1n) is 14.1. The Labute approximate surface area is 257 Å². The van der Waals surface area contributed by atoms with Gasteiger partial charge in [0.05, 0.1) is 12.7 Å². The number of carbonyl (C=O) groups is 4. The largest absolute Gasteiger partial charge is 0.507 e. The molecule has 0 bridgehead atoms. The summed E-state index contributed by atoms with van der Waals surface area (Å²) >= 11 is 0. The van der Waals surface area contributed by atoms with Gasteiger partial charge in [-0.05, 0) is 48.6 Å². The Morgan fingerprint density at radius 3 is 2.42 bits per heavy atom. The minimum absolute atomic E-state index is 0.0112. The molecule has 228 valence electrons. The standard InChI is InChI=1S/C35H28FNO8/c1-18(38)29-24(39)15-28-35(2,33(29)41)31-25(40)14-27(43-3)30(32(31)45-28)34(42)37-16-20-10-13-26(23-7-5-4-6-22(20)23)44-17-19-8-11-21(36)12-9-19/h4-15,29,40H,16-17H2,1-3H3,(H,37,42)/t29?,35-/m1/s1. The maximum Gasteiger partial charge on any atom is 0.259 e. The normalized spacial score (nSPS) is 18.5. The Morgan fingerprint density at radius 1 is 1.02 bits per heavy atom. The fourth-order valence-electron chi connectivity index (χ4n) is 5.97. The smallest absolute Gasteiger partial charge is 0.259 e. The number of fused-ring (bicyclic) bond motifs is 4. The quantitative estimate of drug-likeness (QED) is 0.265. The number of ketones is 3. The monoisotopic (exact) mass is 609 g/mol. The van der Waals surface area contributed by atoms with Crippen LogP contribution in [0.5, 0.6) is 23.0 Å². The number of hydrogen-bond acceptors (Lipinski definition) is 8. The van der Waals surface area contributed by atoms with Crippen LogP contribution in [0.3, 0.4) is 0 Å². The summed E-state index contributed by atoms with van der Waals surface area (Å²) in [6, 6.07) is 18.4.